The molecule has 18 heavy (non-hydrogen) atoms. The summed E-state index contributed by atoms with van der Waals surface area (Å²) in [5.41, 5.74) is 0.602. The maximum Gasteiger partial charge on any atom is 0.231 e. The zero-order chi connectivity index (χ0) is 13.0. The molecule has 2 rings (SSSR count). The number of fused-ring (bicyclic) bond motifs is 1. The van der Waals surface area contributed by atoms with Crippen molar-refractivity contribution in [1.82, 2.24) is 0 Å². The lowest BCUT2D eigenvalue weighted by atomic mass is 10.2. The average molecular weight is 249 g/mol. The van der Waals surface area contributed by atoms with Gasteiger partial charge >= 0.3 is 0 Å². The minimum Gasteiger partial charge on any atom is -0.490 e. The van der Waals surface area contributed by atoms with Crippen molar-refractivity contribution in [2.45, 2.75) is 19.8 Å². The molecule has 0 fully saturated rings. The van der Waals surface area contributed by atoms with Crippen LogP contribution >= 0.6 is 0 Å². The van der Waals surface area contributed by atoms with Crippen molar-refractivity contribution in [1.29, 1.82) is 0 Å². The maximum atomic E-state index is 11.5. The highest BCUT2D eigenvalue weighted by molar-refractivity contribution is 6.03. The summed E-state index contributed by atoms with van der Waals surface area (Å²) in [6.45, 7) is 2.61. The molecule has 1 aliphatic heterocycles. The van der Waals surface area contributed by atoms with E-state index in [9.17, 15) is 9.59 Å². The van der Waals surface area contributed by atoms with Gasteiger partial charge in [-0.05, 0) is 19.1 Å². The summed E-state index contributed by atoms with van der Waals surface area (Å²) in [6, 6.07) is 5.19. The van der Waals surface area contributed by atoms with Gasteiger partial charge in [-0.3, -0.25) is 9.59 Å². The van der Waals surface area contributed by atoms with E-state index in [4.69, 9.17) is 9.47 Å². The molecule has 1 heterocycles. The summed E-state index contributed by atoms with van der Waals surface area (Å²) < 4.78 is 11.0. The highest BCUT2D eigenvalue weighted by Gasteiger charge is 2.12. The SMILES string of the molecule is CC(=O)CC(=O)Nc1ccc2c(c1)OCCCO2. The van der Waals surface area contributed by atoms with E-state index < -0.39 is 0 Å². The fourth-order valence-corrected chi connectivity index (χ4v) is 1.67. The van der Waals surface area contributed by atoms with Crippen LogP contribution in [0.1, 0.15) is 19.8 Å². The Hall–Kier alpha value is -2.04. The van der Waals surface area contributed by atoms with Gasteiger partial charge in [-0.1, -0.05) is 0 Å². The first-order valence-electron chi connectivity index (χ1n) is 5.84. The minimum atomic E-state index is -0.322. The smallest absolute Gasteiger partial charge is 0.231 e. The molecule has 0 spiro atoms. The maximum absolute atomic E-state index is 11.5. The summed E-state index contributed by atoms with van der Waals surface area (Å²) in [5.74, 6) is 0.809. The minimum absolute atomic E-state index is 0.117. The number of hydrogen-bond donors (Lipinski definition) is 1. The molecule has 0 radical (unpaired) electrons. The molecule has 5 nitrogen and oxygen atoms in total. The summed E-state index contributed by atoms with van der Waals surface area (Å²) in [6.07, 6.45) is 0.717. The lowest BCUT2D eigenvalue weighted by molar-refractivity contribution is -0.124. The van der Waals surface area contributed by atoms with E-state index in [1.165, 1.54) is 6.92 Å². The Morgan fingerprint density at radius 1 is 1.22 bits per heavy atom. The normalized spacial score (nSPS) is 13.6. The summed E-state index contributed by atoms with van der Waals surface area (Å²) in [7, 11) is 0. The molecule has 0 unspecified atom stereocenters. The number of ether oxygens (including phenoxy) is 2. The molecule has 0 aromatic heterocycles. The first-order chi connectivity index (χ1) is 8.65. The molecule has 0 saturated carbocycles. The van der Waals surface area contributed by atoms with Gasteiger partial charge in [-0.25, -0.2) is 0 Å². The number of anilines is 1. The van der Waals surface area contributed by atoms with E-state index in [2.05, 4.69) is 5.32 Å². The second-order valence-electron chi connectivity index (χ2n) is 4.14. The predicted octanol–water partition coefficient (Wildman–Crippen LogP) is 1.77. The lowest BCUT2D eigenvalue weighted by Crippen LogP contribution is -2.14. The van der Waals surface area contributed by atoms with Crippen molar-refractivity contribution in [2.24, 2.45) is 0 Å². The van der Waals surface area contributed by atoms with Gasteiger partial charge in [0.15, 0.2) is 11.5 Å². The Morgan fingerprint density at radius 2 is 1.94 bits per heavy atom. The number of Topliss-reactive ketones (excluding diaryl/α,β-unsaturated/α-hetero) is 1. The zero-order valence-electron chi connectivity index (χ0n) is 10.2. The van der Waals surface area contributed by atoms with Crippen molar-refractivity contribution >= 4 is 17.4 Å². The van der Waals surface area contributed by atoms with E-state index in [-0.39, 0.29) is 18.1 Å². The van der Waals surface area contributed by atoms with Crippen LogP contribution in [0.4, 0.5) is 5.69 Å². The van der Waals surface area contributed by atoms with Gasteiger partial charge in [0, 0.05) is 18.2 Å². The number of ketones is 1. The first-order valence-corrected chi connectivity index (χ1v) is 5.84. The monoisotopic (exact) mass is 249 g/mol. The standard InChI is InChI=1S/C13H15NO4/c1-9(15)7-13(16)14-10-3-4-11-12(8-10)18-6-2-5-17-11/h3-4,8H,2,5-7H2,1H3,(H,14,16). The number of nitrogens with one attached hydrogen (secondary N) is 1. The molecule has 1 N–H and O–H groups in total. The molecule has 0 bridgehead atoms. The van der Waals surface area contributed by atoms with Gasteiger partial charge < -0.3 is 14.8 Å². The lowest BCUT2D eigenvalue weighted by Gasteiger charge is -2.10. The molecule has 1 aromatic carbocycles. The van der Waals surface area contributed by atoms with Crippen LogP contribution in [0.2, 0.25) is 0 Å². The number of benzene rings is 1. The van der Waals surface area contributed by atoms with Gasteiger partial charge in [0.2, 0.25) is 5.91 Å². The van der Waals surface area contributed by atoms with Crippen molar-refractivity contribution in [3.8, 4) is 11.5 Å². The second-order valence-corrected chi connectivity index (χ2v) is 4.14. The van der Waals surface area contributed by atoms with Gasteiger partial charge in [-0.2, -0.15) is 0 Å². The molecule has 1 aromatic rings. The second kappa shape index (κ2) is 5.53. The van der Waals surface area contributed by atoms with Crippen LogP contribution in [-0.2, 0) is 9.59 Å². The van der Waals surface area contributed by atoms with Crippen LogP contribution in [0.3, 0.4) is 0 Å². The summed E-state index contributed by atoms with van der Waals surface area (Å²) >= 11 is 0. The van der Waals surface area contributed by atoms with Gasteiger partial charge in [0.05, 0.1) is 19.6 Å². The first kappa shape index (κ1) is 12.4. The predicted molar refractivity (Wildman–Crippen MR) is 66.0 cm³/mol. The molecular weight excluding hydrogens is 234 g/mol. The summed E-state index contributed by atoms with van der Waals surface area (Å²) in [4.78, 5) is 22.3. The molecule has 0 atom stereocenters. The van der Waals surface area contributed by atoms with Crippen molar-refractivity contribution in [3.63, 3.8) is 0 Å². The molecule has 0 saturated heterocycles. The van der Waals surface area contributed by atoms with Crippen molar-refractivity contribution in [3.05, 3.63) is 18.2 Å². The molecule has 1 amide bonds. The number of carbonyl (C=O) groups is 2. The van der Waals surface area contributed by atoms with Crippen molar-refractivity contribution in [2.75, 3.05) is 18.5 Å². The zero-order valence-corrected chi connectivity index (χ0v) is 10.2. The number of rotatable bonds is 3. The number of amides is 1. The third kappa shape index (κ3) is 3.23. The molecule has 96 valence electrons. The van der Waals surface area contributed by atoms with E-state index in [0.717, 1.165) is 6.42 Å². The van der Waals surface area contributed by atoms with Gasteiger partial charge in [-0.15, -0.1) is 0 Å². The number of carbonyl (C=O) groups excluding carboxylic acids is 2. The Labute approximate surface area is 105 Å². The molecule has 0 aliphatic carbocycles. The van der Waals surface area contributed by atoms with Crippen LogP contribution in [0, 0.1) is 0 Å². The number of hydrogen-bond acceptors (Lipinski definition) is 4. The largest absolute Gasteiger partial charge is 0.490 e. The average Bonchev–Trinajstić information content (AvgIpc) is 2.52. The van der Waals surface area contributed by atoms with E-state index in [1.807, 2.05) is 0 Å². The van der Waals surface area contributed by atoms with Crippen LogP contribution in [0.25, 0.3) is 0 Å². The fraction of sp³-hybridized carbons (Fsp3) is 0.385. The topological polar surface area (TPSA) is 64.6 Å². The van der Waals surface area contributed by atoms with Gasteiger partial charge in [0.25, 0.3) is 0 Å². The Balaban J connectivity index is 2.08. The molecule has 5 heteroatoms. The quantitative estimate of drug-likeness (QED) is 0.829. The molecule has 1 aliphatic rings. The van der Waals surface area contributed by atoms with Crippen LogP contribution in [0.15, 0.2) is 18.2 Å². The Morgan fingerprint density at radius 3 is 2.67 bits per heavy atom. The highest BCUT2D eigenvalue weighted by atomic mass is 16.5. The Kier molecular flexibility index (Phi) is 3.82. The van der Waals surface area contributed by atoms with Gasteiger partial charge in [0.1, 0.15) is 5.78 Å². The van der Waals surface area contributed by atoms with Crippen LogP contribution in [0.5, 0.6) is 11.5 Å². The van der Waals surface area contributed by atoms with Crippen LogP contribution in [-0.4, -0.2) is 24.9 Å². The van der Waals surface area contributed by atoms with E-state index >= 15 is 0 Å². The van der Waals surface area contributed by atoms with Crippen LogP contribution < -0.4 is 14.8 Å². The third-order valence-corrected chi connectivity index (χ3v) is 2.44. The van der Waals surface area contributed by atoms with E-state index in [0.29, 0.717) is 30.4 Å². The summed E-state index contributed by atoms with van der Waals surface area (Å²) in [5, 5.41) is 2.65. The fourth-order valence-electron chi connectivity index (χ4n) is 1.67. The van der Waals surface area contributed by atoms with E-state index in [1.54, 1.807) is 18.2 Å². The Bertz CT molecular complexity index is 470. The molecular formula is C13H15NO4. The van der Waals surface area contributed by atoms with Crippen molar-refractivity contribution < 1.29 is 19.1 Å². The third-order valence-electron chi connectivity index (χ3n) is 2.44. The highest BCUT2D eigenvalue weighted by Crippen LogP contribution is 2.32.